The van der Waals surface area contributed by atoms with Crippen molar-refractivity contribution in [3.8, 4) is 0 Å². The highest BCUT2D eigenvalue weighted by molar-refractivity contribution is 4.80. The maximum atomic E-state index is 12.1. The van der Waals surface area contributed by atoms with Crippen LogP contribution in [0.5, 0.6) is 0 Å². The van der Waals surface area contributed by atoms with Gasteiger partial charge in [-0.2, -0.15) is 13.2 Å². The molecule has 0 aliphatic heterocycles. The molecule has 1 aliphatic carbocycles. The molecule has 0 amide bonds. The molecule has 2 N–H and O–H groups in total. The van der Waals surface area contributed by atoms with Crippen LogP contribution < -0.4 is 5.73 Å². The SMILES string of the molecule is NCCCN(CCC(F)(F)F)C1CCC1. The van der Waals surface area contributed by atoms with Gasteiger partial charge in [-0.1, -0.05) is 6.42 Å². The molecule has 0 bridgehead atoms. The standard InChI is InChI=1S/C10H19F3N2/c11-10(12,13)5-8-15(7-2-6-14)9-3-1-4-9/h9H,1-8,14H2. The lowest BCUT2D eigenvalue weighted by Gasteiger charge is -2.37. The van der Waals surface area contributed by atoms with Crippen LogP contribution in [0.2, 0.25) is 0 Å². The molecule has 2 nitrogen and oxygen atoms in total. The lowest BCUT2D eigenvalue weighted by atomic mass is 9.91. The van der Waals surface area contributed by atoms with Crippen LogP contribution in [-0.2, 0) is 0 Å². The third-order valence-corrected chi connectivity index (χ3v) is 2.92. The van der Waals surface area contributed by atoms with Crippen molar-refractivity contribution in [3.05, 3.63) is 0 Å². The molecule has 0 unspecified atom stereocenters. The largest absolute Gasteiger partial charge is 0.390 e. The number of nitrogens with zero attached hydrogens (tertiary/aromatic N) is 1. The van der Waals surface area contributed by atoms with Crippen molar-refractivity contribution in [1.82, 2.24) is 4.90 Å². The predicted molar refractivity (Wildman–Crippen MR) is 53.6 cm³/mol. The van der Waals surface area contributed by atoms with Crippen LogP contribution in [0.25, 0.3) is 0 Å². The fraction of sp³-hybridized carbons (Fsp3) is 1.00. The van der Waals surface area contributed by atoms with Crippen LogP contribution in [0.1, 0.15) is 32.1 Å². The van der Waals surface area contributed by atoms with E-state index in [1.807, 2.05) is 4.90 Å². The second-order valence-corrected chi connectivity index (χ2v) is 4.13. The summed E-state index contributed by atoms with van der Waals surface area (Å²) in [5, 5.41) is 0. The van der Waals surface area contributed by atoms with Gasteiger partial charge in [0.15, 0.2) is 0 Å². The maximum Gasteiger partial charge on any atom is 0.390 e. The van der Waals surface area contributed by atoms with Crippen molar-refractivity contribution in [2.45, 2.75) is 44.3 Å². The molecule has 90 valence electrons. The van der Waals surface area contributed by atoms with Gasteiger partial charge in [0.05, 0.1) is 6.42 Å². The van der Waals surface area contributed by atoms with E-state index in [1.54, 1.807) is 0 Å². The van der Waals surface area contributed by atoms with Crippen LogP contribution in [0.15, 0.2) is 0 Å². The van der Waals surface area contributed by atoms with Crippen molar-refractivity contribution < 1.29 is 13.2 Å². The van der Waals surface area contributed by atoms with Crippen LogP contribution in [0.4, 0.5) is 13.2 Å². The zero-order valence-electron chi connectivity index (χ0n) is 8.89. The van der Waals surface area contributed by atoms with Gasteiger partial charge in [0.2, 0.25) is 0 Å². The summed E-state index contributed by atoms with van der Waals surface area (Å²) >= 11 is 0. The molecule has 0 aromatic heterocycles. The van der Waals surface area contributed by atoms with Gasteiger partial charge in [-0.25, -0.2) is 0 Å². The molecule has 0 spiro atoms. The number of halogens is 3. The van der Waals surface area contributed by atoms with Crippen LogP contribution in [0, 0.1) is 0 Å². The highest BCUT2D eigenvalue weighted by atomic mass is 19.4. The third-order valence-electron chi connectivity index (χ3n) is 2.92. The number of alkyl halides is 3. The van der Waals surface area contributed by atoms with Crippen molar-refractivity contribution >= 4 is 0 Å². The summed E-state index contributed by atoms with van der Waals surface area (Å²) in [7, 11) is 0. The highest BCUT2D eigenvalue weighted by Crippen LogP contribution is 2.27. The van der Waals surface area contributed by atoms with Crippen LogP contribution in [0.3, 0.4) is 0 Å². The summed E-state index contributed by atoms with van der Waals surface area (Å²) in [4.78, 5) is 1.95. The van der Waals surface area contributed by atoms with E-state index in [0.29, 0.717) is 19.1 Å². The summed E-state index contributed by atoms with van der Waals surface area (Å²) in [6.07, 6.45) is -0.714. The molecule has 1 saturated carbocycles. The van der Waals surface area contributed by atoms with Gasteiger partial charge in [-0.05, 0) is 32.4 Å². The fourth-order valence-corrected chi connectivity index (χ4v) is 1.79. The second kappa shape index (κ2) is 5.70. The molecule has 15 heavy (non-hydrogen) atoms. The van der Waals surface area contributed by atoms with Gasteiger partial charge in [0, 0.05) is 12.6 Å². The lowest BCUT2D eigenvalue weighted by molar-refractivity contribution is -0.140. The van der Waals surface area contributed by atoms with E-state index in [0.717, 1.165) is 25.7 Å². The Morgan fingerprint density at radius 2 is 1.87 bits per heavy atom. The van der Waals surface area contributed by atoms with Crippen molar-refractivity contribution in [3.63, 3.8) is 0 Å². The first kappa shape index (κ1) is 12.8. The zero-order valence-corrected chi connectivity index (χ0v) is 8.89. The van der Waals surface area contributed by atoms with Gasteiger partial charge >= 0.3 is 6.18 Å². The van der Waals surface area contributed by atoms with Gasteiger partial charge in [-0.3, -0.25) is 0 Å². The Morgan fingerprint density at radius 1 is 1.20 bits per heavy atom. The minimum absolute atomic E-state index is 0.133. The minimum Gasteiger partial charge on any atom is -0.330 e. The molecule has 1 rings (SSSR count). The first-order valence-electron chi connectivity index (χ1n) is 5.54. The van der Waals surface area contributed by atoms with E-state index in [9.17, 15) is 13.2 Å². The van der Waals surface area contributed by atoms with Gasteiger partial charge in [0.1, 0.15) is 0 Å². The van der Waals surface area contributed by atoms with E-state index in [2.05, 4.69) is 0 Å². The van der Waals surface area contributed by atoms with E-state index >= 15 is 0 Å². The summed E-state index contributed by atoms with van der Waals surface area (Å²) < 4.78 is 36.2. The van der Waals surface area contributed by atoms with Gasteiger partial charge in [-0.15, -0.1) is 0 Å². The molecular formula is C10H19F3N2. The summed E-state index contributed by atoms with van der Waals surface area (Å²) in [5.74, 6) is 0. The van der Waals surface area contributed by atoms with Gasteiger partial charge < -0.3 is 10.6 Å². The molecule has 0 radical (unpaired) electrons. The smallest absolute Gasteiger partial charge is 0.330 e. The molecule has 5 heteroatoms. The van der Waals surface area contributed by atoms with Crippen molar-refractivity contribution in [2.75, 3.05) is 19.6 Å². The van der Waals surface area contributed by atoms with Crippen LogP contribution >= 0.6 is 0 Å². The number of nitrogens with two attached hydrogens (primary N) is 1. The van der Waals surface area contributed by atoms with E-state index < -0.39 is 12.6 Å². The topological polar surface area (TPSA) is 29.3 Å². The average molecular weight is 224 g/mol. The fourth-order valence-electron chi connectivity index (χ4n) is 1.79. The van der Waals surface area contributed by atoms with E-state index in [4.69, 9.17) is 5.73 Å². The Morgan fingerprint density at radius 3 is 2.27 bits per heavy atom. The predicted octanol–water partition coefficient (Wildman–Crippen LogP) is 2.14. The molecule has 1 fully saturated rings. The number of hydrogen-bond donors (Lipinski definition) is 1. The Labute approximate surface area is 88.6 Å². The normalized spacial score (nSPS) is 18.2. The quantitative estimate of drug-likeness (QED) is 0.749. The monoisotopic (exact) mass is 224 g/mol. The molecule has 0 aromatic rings. The summed E-state index contributed by atoms with van der Waals surface area (Å²) in [5.41, 5.74) is 5.37. The Hall–Kier alpha value is -0.290. The minimum atomic E-state index is -4.04. The molecule has 0 atom stereocenters. The summed E-state index contributed by atoms with van der Waals surface area (Å²) in [6, 6.07) is 0.374. The molecule has 0 aromatic carbocycles. The van der Waals surface area contributed by atoms with Crippen molar-refractivity contribution in [1.29, 1.82) is 0 Å². The zero-order chi connectivity index (χ0) is 11.3. The first-order valence-corrected chi connectivity index (χ1v) is 5.54. The molecular weight excluding hydrogens is 205 g/mol. The number of rotatable bonds is 6. The highest BCUT2D eigenvalue weighted by Gasteiger charge is 2.31. The maximum absolute atomic E-state index is 12.1. The third kappa shape index (κ3) is 4.84. The van der Waals surface area contributed by atoms with E-state index in [-0.39, 0.29) is 6.54 Å². The van der Waals surface area contributed by atoms with E-state index in [1.165, 1.54) is 0 Å². The lowest BCUT2D eigenvalue weighted by Crippen LogP contribution is -2.42. The molecule has 0 heterocycles. The Kier molecular flexibility index (Phi) is 4.86. The average Bonchev–Trinajstić information content (AvgIpc) is 2.05. The van der Waals surface area contributed by atoms with Crippen molar-refractivity contribution in [2.24, 2.45) is 5.73 Å². The Bertz CT molecular complexity index is 178. The summed E-state index contributed by atoms with van der Waals surface area (Å²) in [6.45, 7) is 1.39. The molecule has 1 aliphatic rings. The first-order chi connectivity index (χ1) is 7.03. The second-order valence-electron chi connectivity index (χ2n) is 4.13. The molecule has 0 saturated heterocycles. The Balaban J connectivity index is 2.28. The number of hydrogen-bond acceptors (Lipinski definition) is 2. The van der Waals surface area contributed by atoms with Gasteiger partial charge in [0.25, 0.3) is 0 Å². The van der Waals surface area contributed by atoms with Crippen LogP contribution in [-0.4, -0.2) is 36.8 Å².